The van der Waals surface area contributed by atoms with Gasteiger partial charge in [0, 0.05) is 23.7 Å². The molecule has 1 N–H and O–H groups in total. The topological polar surface area (TPSA) is 66.5 Å². The lowest BCUT2D eigenvalue weighted by Crippen LogP contribution is -2.41. The molecule has 2 aromatic carbocycles. The van der Waals surface area contributed by atoms with Gasteiger partial charge in [0.15, 0.2) is 9.84 Å². The highest BCUT2D eigenvalue weighted by molar-refractivity contribution is 7.90. The van der Waals surface area contributed by atoms with E-state index in [1.165, 1.54) is 11.8 Å². The lowest BCUT2D eigenvalue weighted by atomic mass is 9.94. The average molecular weight is 449 g/mol. The number of likely N-dealkylation sites (tertiary alicyclic amines) is 1. The average Bonchev–Trinajstić information content (AvgIpc) is 2.73. The Balaban J connectivity index is 1.53. The number of nitrogens with zero attached hydrogens (tertiary/aromatic N) is 1. The second-order valence-corrected chi connectivity index (χ2v) is 10.4. The number of hydrogen-bond donors (Lipinski definition) is 1. The monoisotopic (exact) mass is 448 g/mol. The molecule has 1 heterocycles. The lowest BCUT2D eigenvalue weighted by molar-refractivity contribution is -0.127. The molecule has 1 unspecified atom stereocenters. The normalized spacial score (nSPS) is 16.9. The summed E-state index contributed by atoms with van der Waals surface area (Å²) in [5.41, 5.74) is 2.16. The van der Waals surface area contributed by atoms with Crippen molar-refractivity contribution in [3.63, 3.8) is 0 Å². The molecule has 1 amide bonds. The summed E-state index contributed by atoms with van der Waals surface area (Å²) in [4.78, 5) is 15.5. The Kier molecular flexibility index (Phi) is 7.55. The van der Waals surface area contributed by atoms with E-state index in [2.05, 4.69) is 10.2 Å². The minimum absolute atomic E-state index is 0.0100. The molecule has 0 aliphatic carbocycles. The van der Waals surface area contributed by atoms with Gasteiger partial charge in [-0.1, -0.05) is 42.8 Å². The van der Waals surface area contributed by atoms with Gasteiger partial charge in [0.2, 0.25) is 5.91 Å². The van der Waals surface area contributed by atoms with Crippen molar-refractivity contribution in [2.24, 2.45) is 5.92 Å². The molecule has 0 spiro atoms. The highest BCUT2D eigenvalue weighted by Crippen LogP contribution is 2.23. The Bertz CT molecular complexity index is 951. The van der Waals surface area contributed by atoms with Crippen LogP contribution < -0.4 is 5.32 Å². The van der Waals surface area contributed by atoms with E-state index < -0.39 is 9.84 Å². The Labute approximate surface area is 184 Å². The maximum atomic E-state index is 12.8. The summed E-state index contributed by atoms with van der Waals surface area (Å²) in [7, 11) is -3.22. The molecule has 0 aromatic heterocycles. The third-order valence-electron chi connectivity index (χ3n) is 5.71. The minimum Gasteiger partial charge on any atom is -0.349 e. The van der Waals surface area contributed by atoms with E-state index in [1.807, 2.05) is 31.2 Å². The smallest absolute Gasteiger partial charge is 0.223 e. The molecular weight excluding hydrogens is 420 g/mol. The molecule has 1 aliphatic rings. The van der Waals surface area contributed by atoms with Crippen LogP contribution >= 0.6 is 11.6 Å². The van der Waals surface area contributed by atoms with Crippen molar-refractivity contribution in [2.45, 2.75) is 43.7 Å². The molecule has 1 atom stereocenters. The molecule has 1 fully saturated rings. The molecular formula is C23H29ClN2O3S. The number of rotatable bonds is 7. The maximum absolute atomic E-state index is 12.8. The summed E-state index contributed by atoms with van der Waals surface area (Å²) in [5.74, 6) is 0.0935. The van der Waals surface area contributed by atoms with Gasteiger partial charge in [-0.15, -0.1) is 0 Å². The van der Waals surface area contributed by atoms with Crippen LogP contribution in [0.25, 0.3) is 0 Å². The molecule has 0 radical (unpaired) electrons. The molecule has 162 valence electrons. The van der Waals surface area contributed by atoms with Gasteiger partial charge in [-0.05, 0) is 67.7 Å². The van der Waals surface area contributed by atoms with Gasteiger partial charge in [-0.25, -0.2) is 8.42 Å². The van der Waals surface area contributed by atoms with Gasteiger partial charge < -0.3 is 5.32 Å². The molecule has 1 aliphatic heterocycles. The first kappa shape index (κ1) is 22.8. The molecule has 1 saturated heterocycles. The van der Waals surface area contributed by atoms with Gasteiger partial charge in [0.05, 0.1) is 10.9 Å². The van der Waals surface area contributed by atoms with Crippen LogP contribution in [0.15, 0.2) is 53.4 Å². The first-order valence-corrected chi connectivity index (χ1v) is 12.6. The van der Waals surface area contributed by atoms with Gasteiger partial charge in [0.1, 0.15) is 0 Å². The van der Waals surface area contributed by atoms with Crippen molar-refractivity contribution in [3.8, 4) is 0 Å². The molecule has 5 nitrogen and oxygen atoms in total. The molecule has 3 rings (SSSR count). The predicted molar refractivity (Wildman–Crippen MR) is 120 cm³/mol. The number of halogens is 1. The maximum Gasteiger partial charge on any atom is 0.223 e. The Morgan fingerprint density at radius 2 is 1.70 bits per heavy atom. The number of carbonyl (C=O) groups is 1. The molecule has 0 saturated carbocycles. The van der Waals surface area contributed by atoms with E-state index in [9.17, 15) is 13.2 Å². The van der Waals surface area contributed by atoms with Crippen LogP contribution in [0, 0.1) is 5.92 Å². The van der Waals surface area contributed by atoms with Crippen LogP contribution in [0.1, 0.15) is 43.4 Å². The number of hydrogen-bond acceptors (Lipinski definition) is 4. The fourth-order valence-corrected chi connectivity index (χ4v) is 4.62. The van der Waals surface area contributed by atoms with Crippen LogP contribution in [0.4, 0.5) is 0 Å². The van der Waals surface area contributed by atoms with Gasteiger partial charge >= 0.3 is 0 Å². The Morgan fingerprint density at radius 1 is 1.10 bits per heavy atom. The minimum atomic E-state index is -3.22. The summed E-state index contributed by atoms with van der Waals surface area (Å²) in [6, 6.07) is 14.6. The fourth-order valence-electron chi connectivity index (χ4n) is 3.86. The summed E-state index contributed by atoms with van der Waals surface area (Å²) in [6.07, 6.45) is 3.62. The second-order valence-electron chi connectivity index (χ2n) is 7.99. The quantitative estimate of drug-likeness (QED) is 0.688. The van der Waals surface area contributed by atoms with Gasteiger partial charge in [-0.2, -0.15) is 0 Å². The number of benzene rings is 2. The highest BCUT2D eigenvalue weighted by atomic mass is 35.5. The summed E-state index contributed by atoms with van der Waals surface area (Å²) < 4.78 is 23.3. The van der Waals surface area contributed by atoms with Crippen molar-refractivity contribution in [3.05, 3.63) is 64.7 Å². The zero-order valence-corrected chi connectivity index (χ0v) is 19.0. The van der Waals surface area contributed by atoms with E-state index in [4.69, 9.17) is 11.6 Å². The van der Waals surface area contributed by atoms with E-state index >= 15 is 0 Å². The number of amides is 1. The zero-order chi connectivity index (χ0) is 21.7. The lowest BCUT2D eigenvalue weighted by Gasteiger charge is -2.32. The molecule has 7 heteroatoms. The highest BCUT2D eigenvalue weighted by Gasteiger charge is 2.26. The summed E-state index contributed by atoms with van der Waals surface area (Å²) >= 11 is 5.95. The molecule has 0 bridgehead atoms. The fraction of sp³-hybridized carbons (Fsp3) is 0.435. The standard InChI is InChI=1S/C23H29ClN2O3S/c1-3-22(18-6-10-21(11-7-18)30(2,28)29)25-23(27)19-12-14-26(15-13-19)16-17-4-8-20(24)9-5-17/h4-11,19,22H,3,12-16H2,1-2H3,(H,25,27). The Morgan fingerprint density at radius 3 is 2.23 bits per heavy atom. The van der Waals surface area contributed by atoms with E-state index in [0.29, 0.717) is 4.90 Å². The predicted octanol–water partition coefficient (Wildman–Crippen LogP) is 4.22. The molecule has 30 heavy (non-hydrogen) atoms. The number of piperidine rings is 1. The van der Waals surface area contributed by atoms with Gasteiger partial charge in [-0.3, -0.25) is 9.69 Å². The van der Waals surface area contributed by atoms with Crippen LogP contribution in [0.3, 0.4) is 0 Å². The summed E-state index contributed by atoms with van der Waals surface area (Å²) in [6.45, 7) is 4.67. The third-order valence-corrected chi connectivity index (χ3v) is 7.09. The van der Waals surface area contributed by atoms with Crippen molar-refractivity contribution >= 4 is 27.3 Å². The van der Waals surface area contributed by atoms with E-state index in [1.54, 1.807) is 24.3 Å². The number of carbonyl (C=O) groups excluding carboxylic acids is 1. The Hall–Kier alpha value is -1.89. The van der Waals surface area contributed by atoms with Gasteiger partial charge in [0.25, 0.3) is 0 Å². The zero-order valence-electron chi connectivity index (χ0n) is 17.5. The van der Waals surface area contributed by atoms with Crippen LogP contribution in [-0.2, 0) is 21.2 Å². The van der Waals surface area contributed by atoms with E-state index in [-0.39, 0.29) is 17.9 Å². The first-order valence-electron chi connectivity index (χ1n) is 10.3. The SMILES string of the molecule is CCC(NC(=O)C1CCN(Cc2ccc(Cl)cc2)CC1)c1ccc(S(C)(=O)=O)cc1. The van der Waals surface area contributed by atoms with E-state index in [0.717, 1.165) is 49.5 Å². The van der Waals surface area contributed by atoms with Crippen molar-refractivity contribution in [1.29, 1.82) is 0 Å². The van der Waals surface area contributed by atoms with Crippen molar-refractivity contribution < 1.29 is 13.2 Å². The number of sulfone groups is 1. The second kappa shape index (κ2) is 9.94. The largest absolute Gasteiger partial charge is 0.349 e. The number of nitrogens with one attached hydrogen (secondary N) is 1. The van der Waals surface area contributed by atoms with Crippen molar-refractivity contribution in [2.75, 3.05) is 19.3 Å². The van der Waals surface area contributed by atoms with Crippen LogP contribution in [0.2, 0.25) is 5.02 Å². The van der Waals surface area contributed by atoms with Crippen molar-refractivity contribution in [1.82, 2.24) is 10.2 Å². The third kappa shape index (κ3) is 6.06. The summed E-state index contributed by atoms with van der Waals surface area (Å²) in [5, 5.41) is 3.90. The molecule has 2 aromatic rings. The first-order chi connectivity index (χ1) is 14.3. The van der Waals surface area contributed by atoms with Crippen LogP contribution in [-0.4, -0.2) is 38.6 Å². The van der Waals surface area contributed by atoms with Crippen LogP contribution in [0.5, 0.6) is 0 Å².